The van der Waals surface area contributed by atoms with Gasteiger partial charge in [-0.2, -0.15) is 0 Å². The van der Waals surface area contributed by atoms with Gasteiger partial charge in [0, 0.05) is 32.9 Å². The molecule has 1 atom stereocenters. The highest BCUT2D eigenvalue weighted by atomic mass is 16.5. The van der Waals surface area contributed by atoms with Gasteiger partial charge in [0.15, 0.2) is 0 Å². The van der Waals surface area contributed by atoms with Crippen LogP contribution in [-0.2, 0) is 20.9 Å². The fourth-order valence-electron chi connectivity index (χ4n) is 4.60. The average molecular weight is 537 g/mol. The van der Waals surface area contributed by atoms with E-state index in [4.69, 9.17) is 4.74 Å². The molecular weight excluding hydrogens is 496 g/mol. The smallest absolute Gasteiger partial charge is 0.318 e. The van der Waals surface area contributed by atoms with Crippen LogP contribution in [0.4, 0.5) is 5.69 Å². The van der Waals surface area contributed by atoms with Crippen LogP contribution in [0.1, 0.15) is 77.6 Å². The van der Waals surface area contributed by atoms with Crippen LogP contribution in [0.2, 0.25) is 0 Å². The van der Waals surface area contributed by atoms with Gasteiger partial charge in [-0.25, -0.2) is 10.4 Å². The number of imide groups is 1. The molecule has 0 spiro atoms. The summed E-state index contributed by atoms with van der Waals surface area (Å²) in [4.78, 5) is 51.6. The molecule has 1 heterocycles. The van der Waals surface area contributed by atoms with E-state index in [1.807, 2.05) is 43.3 Å². The highest BCUT2D eigenvalue weighted by Crippen LogP contribution is 2.21. The second-order valence-corrected chi connectivity index (χ2v) is 10.0. The van der Waals surface area contributed by atoms with E-state index >= 15 is 0 Å². The predicted octanol–water partition coefficient (Wildman–Crippen LogP) is 4.08. The number of carbonyl (C=O) groups is 4. The normalized spacial score (nSPS) is 13.3. The first-order valence-corrected chi connectivity index (χ1v) is 13.7. The molecule has 3 rings (SSSR count). The number of fused-ring (bicyclic) bond motifs is 1. The van der Waals surface area contributed by atoms with Crippen molar-refractivity contribution >= 4 is 29.4 Å². The fourth-order valence-corrected chi connectivity index (χ4v) is 4.60. The Labute approximate surface area is 230 Å². The summed E-state index contributed by atoms with van der Waals surface area (Å²) in [6, 6.07) is 14.8. The van der Waals surface area contributed by atoms with Crippen LogP contribution in [0.15, 0.2) is 48.5 Å². The molecular formula is C30H40N4O5. The molecule has 210 valence electrons. The Morgan fingerprint density at radius 2 is 1.41 bits per heavy atom. The molecule has 0 aliphatic carbocycles. The molecule has 0 saturated carbocycles. The third kappa shape index (κ3) is 8.38. The molecule has 1 aliphatic heterocycles. The third-order valence-electron chi connectivity index (χ3n) is 6.96. The number of hydrazine groups is 1. The number of nitrogens with zero attached hydrogens (tertiary/aromatic N) is 2. The molecule has 0 fully saturated rings. The predicted molar refractivity (Wildman–Crippen MR) is 150 cm³/mol. The van der Waals surface area contributed by atoms with Gasteiger partial charge < -0.3 is 15.0 Å². The number of benzene rings is 2. The quantitative estimate of drug-likeness (QED) is 0.144. The first-order chi connectivity index (χ1) is 18.8. The van der Waals surface area contributed by atoms with E-state index in [9.17, 15) is 19.2 Å². The number of esters is 1. The maximum atomic E-state index is 12.7. The number of unbranched alkanes of at least 4 members (excludes halogenated alkanes) is 6. The fraction of sp³-hybridized carbons (Fsp3) is 0.467. The van der Waals surface area contributed by atoms with Gasteiger partial charge in [-0.15, -0.1) is 0 Å². The molecule has 2 aromatic rings. The van der Waals surface area contributed by atoms with Crippen molar-refractivity contribution in [3.63, 3.8) is 0 Å². The summed E-state index contributed by atoms with van der Waals surface area (Å²) in [6.07, 6.45) is 7.10. The van der Waals surface area contributed by atoms with Gasteiger partial charge in [0.25, 0.3) is 11.8 Å². The van der Waals surface area contributed by atoms with E-state index < -0.39 is 11.9 Å². The summed E-state index contributed by atoms with van der Waals surface area (Å²) in [7, 11) is 5.25. The van der Waals surface area contributed by atoms with Crippen LogP contribution in [0.3, 0.4) is 0 Å². The second kappa shape index (κ2) is 15.0. The number of methoxy groups -OCH3 is 1. The maximum Gasteiger partial charge on any atom is 0.318 e. The lowest BCUT2D eigenvalue weighted by atomic mass is 9.99. The Bertz CT molecular complexity index is 1100. The number of rotatable bonds is 16. The van der Waals surface area contributed by atoms with Crippen LogP contribution < -0.4 is 15.6 Å². The Balaban J connectivity index is 1.26. The summed E-state index contributed by atoms with van der Waals surface area (Å²) in [5.74, 6) is -2.20. The topological polar surface area (TPSA) is 108 Å². The van der Waals surface area contributed by atoms with E-state index in [0.29, 0.717) is 30.6 Å². The minimum Gasteiger partial charge on any atom is -0.468 e. The first-order valence-electron chi connectivity index (χ1n) is 13.7. The van der Waals surface area contributed by atoms with E-state index in [1.54, 1.807) is 24.3 Å². The first kappa shape index (κ1) is 29.8. The highest BCUT2D eigenvalue weighted by Gasteiger charge is 2.35. The molecule has 1 unspecified atom stereocenters. The minimum atomic E-state index is -0.802. The Kier molecular flexibility index (Phi) is 11.5. The van der Waals surface area contributed by atoms with Crippen LogP contribution in [0.5, 0.6) is 0 Å². The zero-order valence-corrected chi connectivity index (χ0v) is 23.2. The van der Waals surface area contributed by atoms with Gasteiger partial charge >= 0.3 is 5.97 Å². The number of amides is 3. The van der Waals surface area contributed by atoms with Gasteiger partial charge in [0.1, 0.15) is 5.92 Å². The Morgan fingerprint density at radius 3 is 1.97 bits per heavy atom. The lowest BCUT2D eigenvalue weighted by molar-refractivity contribution is -0.150. The van der Waals surface area contributed by atoms with Crippen molar-refractivity contribution in [1.29, 1.82) is 0 Å². The van der Waals surface area contributed by atoms with Crippen LogP contribution in [-0.4, -0.2) is 56.4 Å². The van der Waals surface area contributed by atoms with Crippen molar-refractivity contribution < 1.29 is 23.9 Å². The Hall–Kier alpha value is -3.72. The number of nitrogens with one attached hydrogen (secondary N) is 2. The lowest BCUT2D eigenvalue weighted by Crippen LogP contribution is -2.42. The van der Waals surface area contributed by atoms with Crippen molar-refractivity contribution in [2.75, 3.05) is 32.6 Å². The third-order valence-corrected chi connectivity index (χ3v) is 6.96. The number of ether oxygens (including phenoxy) is 1. The van der Waals surface area contributed by atoms with Crippen molar-refractivity contribution in [1.82, 2.24) is 15.8 Å². The summed E-state index contributed by atoms with van der Waals surface area (Å²) >= 11 is 0. The monoisotopic (exact) mass is 536 g/mol. The van der Waals surface area contributed by atoms with Gasteiger partial charge in [0.05, 0.1) is 18.2 Å². The molecule has 3 amide bonds. The van der Waals surface area contributed by atoms with Crippen molar-refractivity contribution in [2.45, 2.75) is 57.9 Å². The van der Waals surface area contributed by atoms with Crippen molar-refractivity contribution in [3.8, 4) is 0 Å². The second-order valence-electron chi connectivity index (χ2n) is 10.0. The molecule has 2 aromatic carbocycles. The summed E-state index contributed by atoms with van der Waals surface area (Å²) < 4.78 is 4.87. The SMILES string of the molecule is COC(=O)C(CCCCCCCCCNN1C(=O)c2ccccc2C1=O)C(=O)NCc1ccc(N(C)C)cc1. The minimum absolute atomic E-state index is 0.298. The van der Waals surface area contributed by atoms with E-state index in [1.165, 1.54) is 7.11 Å². The number of hydrogen-bond donors (Lipinski definition) is 2. The largest absolute Gasteiger partial charge is 0.468 e. The molecule has 0 saturated heterocycles. The van der Waals surface area contributed by atoms with Crippen LogP contribution >= 0.6 is 0 Å². The zero-order chi connectivity index (χ0) is 28.2. The molecule has 39 heavy (non-hydrogen) atoms. The van der Waals surface area contributed by atoms with Crippen LogP contribution in [0, 0.1) is 5.92 Å². The van der Waals surface area contributed by atoms with Crippen molar-refractivity contribution in [3.05, 3.63) is 65.2 Å². The zero-order valence-electron chi connectivity index (χ0n) is 23.2. The summed E-state index contributed by atoms with van der Waals surface area (Å²) in [6.45, 7) is 0.920. The number of hydrogen-bond acceptors (Lipinski definition) is 7. The molecule has 2 N–H and O–H groups in total. The average Bonchev–Trinajstić information content (AvgIpc) is 3.19. The summed E-state index contributed by atoms with van der Waals surface area (Å²) in [5, 5.41) is 3.98. The Morgan fingerprint density at radius 1 is 0.846 bits per heavy atom. The van der Waals surface area contributed by atoms with Gasteiger partial charge in [-0.1, -0.05) is 62.8 Å². The van der Waals surface area contributed by atoms with Crippen molar-refractivity contribution in [2.24, 2.45) is 5.92 Å². The molecule has 0 aromatic heterocycles. The lowest BCUT2D eigenvalue weighted by Gasteiger charge is -2.16. The van der Waals surface area contributed by atoms with E-state index in [-0.39, 0.29) is 17.7 Å². The van der Waals surface area contributed by atoms with E-state index in [2.05, 4.69) is 10.7 Å². The van der Waals surface area contributed by atoms with Gasteiger partial charge in [-0.3, -0.25) is 19.2 Å². The number of anilines is 1. The van der Waals surface area contributed by atoms with Gasteiger partial charge in [-0.05, 0) is 42.7 Å². The van der Waals surface area contributed by atoms with Crippen LogP contribution in [0.25, 0.3) is 0 Å². The molecule has 1 aliphatic rings. The van der Waals surface area contributed by atoms with E-state index in [0.717, 1.165) is 61.2 Å². The molecule has 0 radical (unpaired) electrons. The molecule has 9 heteroatoms. The standard InChI is InChI=1S/C30H40N4O5/c1-33(2)23-18-16-22(17-19-23)21-31-27(35)26(30(38)39-3)15-9-7-5-4-6-8-12-20-32-34-28(36)24-13-10-11-14-25(24)29(34)37/h10-11,13-14,16-19,26,32H,4-9,12,15,20-21H2,1-3H3,(H,31,35). The summed E-state index contributed by atoms with van der Waals surface area (Å²) in [5.41, 5.74) is 5.89. The van der Waals surface area contributed by atoms with Gasteiger partial charge in [0.2, 0.25) is 5.91 Å². The number of carbonyl (C=O) groups excluding carboxylic acids is 4. The maximum absolute atomic E-state index is 12.7. The molecule has 0 bridgehead atoms. The highest BCUT2D eigenvalue weighted by molar-refractivity contribution is 6.20. The molecule has 9 nitrogen and oxygen atoms in total.